The molecule has 0 aromatic heterocycles. The molecule has 3 heterocycles. The largest absolute Gasteiger partial charge is 0.480 e. The number of ether oxygens (including phenoxy) is 1. The van der Waals surface area contributed by atoms with Crippen molar-refractivity contribution in [1.82, 2.24) is 15.1 Å². The maximum Gasteiger partial charge on any atom is 0.314 e. The van der Waals surface area contributed by atoms with Crippen molar-refractivity contribution in [3.63, 3.8) is 0 Å². The van der Waals surface area contributed by atoms with Crippen molar-refractivity contribution in [2.45, 2.75) is 30.8 Å². The minimum absolute atomic E-state index is 0.0722. The number of nitrogens with zero attached hydrogens (tertiary/aromatic N) is 2. The van der Waals surface area contributed by atoms with Crippen LogP contribution in [0.2, 0.25) is 0 Å². The van der Waals surface area contributed by atoms with Crippen LogP contribution in [0.5, 0.6) is 5.75 Å². The fourth-order valence-corrected chi connectivity index (χ4v) is 4.46. The number of primary amides is 1. The van der Waals surface area contributed by atoms with Crippen molar-refractivity contribution in [2.75, 3.05) is 32.7 Å². The highest BCUT2D eigenvalue weighted by atomic mass is 16.5. The van der Waals surface area contributed by atoms with Crippen LogP contribution in [0.15, 0.2) is 24.3 Å². The predicted octanol–water partition coefficient (Wildman–Crippen LogP) is 0.208. The van der Waals surface area contributed by atoms with E-state index in [0.29, 0.717) is 32.6 Å². The number of likely N-dealkylation sites (tertiary alicyclic amines) is 1. The van der Waals surface area contributed by atoms with Gasteiger partial charge in [0.1, 0.15) is 5.75 Å². The van der Waals surface area contributed by atoms with Crippen molar-refractivity contribution >= 4 is 17.8 Å². The molecule has 27 heavy (non-hydrogen) atoms. The number of hydrogen-bond donors (Lipinski definition) is 2. The lowest BCUT2D eigenvalue weighted by Gasteiger charge is -2.47. The Morgan fingerprint density at radius 1 is 1.15 bits per heavy atom. The summed E-state index contributed by atoms with van der Waals surface area (Å²) in [4.78, 5) is 39.4. The summed E-state index contributed by atoms with van der Waals surface area (Å²) in [7, 11) is 0. The van der Waals surface area contributed by atoms with E-state index in [1.165, 1.54) is 0 Å². The molecule has 8 nitrogen and oxygen atoms in total. The molecular weight excluding hydrogens is 348 g/mol. The molecule has 2 fully saturated rings. The molecule has 4 amide bonds. The van der Waals surface area contributed by atoms with E-state index in [2.05, 4.69) is 5.32 Å². The second-order valence-electron chi connectivity index (χ2n) is 7.52. The van der Waals surface area contributed by atoms with Gasteiger partial charge < -0.3 is 25.6 Å². The van der Waals surface area contributed by atoms with Gasteiger partial charge in [0.25, 0.3) is 5.91 Å². The first-order chi connectivity index (χ1) is 13.0. The second kappa shape index (κ2) is 6.75. The molecule has 1 aromatic rings. The van der Waals surface area contributed by atoms with E-state index < -0.39 is 12.1 Å². The fraction of sp³-hybridized carbons (Fsp3) is 0.526. The highest BCUT2D eigenvalue weighted by Gasteiger charge is 2.47. The lowest BCUT2D eigenvalue weighted by molar-refractivity contribution is -0.145. The Balaban J connectivity index is 1.59. The van der Waals surface area contributed by atoms with Crippen LogP contribution in [0.3, 0.4) is 0 Å². The highest BCUT2D eigenvalue weighted by molar-refractivity contribution is 5.88. The van der Waals surface area contributed by atoms with Gasteiger partial charge in [-0.05, 0) is 18.9 Å². The van der Waals surface area contributed by atoms with Crippen molar-refractivity contribution in [3.8, 4) is 5.75 Å². The molecule has 3 N–H and O–H groups in total. The smallest absolute Gasteiger partial charge is 0.314 e. The van der Waals surface area contributed by atoms with E-state index in [1.54, 1.807) is 9.80 Å². The predicted molar refractivity (Wildman–Crippen MR) is 97.1 cm³/mol. The van der Waals surface area contributed by atoms with Gasteiger partial charge in [-0.15, -0.1) is 0 Å². The molecule has 1 unspecified atom stereocenters. The van der Waals surface area contributed by atoms with Gasteiger partial charge in [-0.25, -0.2) is 4.79 Å². The van der Waals surface area contributed by atoms with E-state index in [1.807, 2.05) is 24.3 Å². The van der Waals surface area contributed by atoms with Crippen LogP contribution in [0, 0.1) is 0 Å². The third-order valence-corrected chi connectivity index (χ3v) is 5.96. The number of benzene rings is 1. The first-order valence-electron chi connectivity index (χ1n) is 9.35. The zero-order chi connectivity index (χ0) is 19.0. The van der Waals surface area contributed by atoms with Crippen LogP contribution in [0.25, 0.3) is 0 Å². The Morgan fingerprint density at radius 3 is 2.59 bits per heavy atom. The van der Waals surface area contributed by atoms with E-state index in [-0.39, 0.29) is 23.8 Å². The fourth-order valence-electron chi connectivity index (χ4n) is 4.46. The number of urea groups is 1. The van der Waals surface area contributed by atoms with Crippen molar-refractivity contribution in [2.24, 2.45) is 5.73 Å². The number of fused-ring (bicyclic) bond motifs is 2. The van der Waals surface area contributed by atoms with Gasteiger partial charge >= 0.3 is 6.03 Å². The average Bonchev–Trinajstić information content (AvgIpc) is 2.68. The minimum atomic E-state index is -0.620. The third-order valence-electron chi connectivity index (χ3n) is 5.96. The van der Waals surface area contributed by atoms with E-state index >= 15 is 0 Å². The van der Waals surface area contributed by atoms with E-state index in [4.69, 9.17) is 10.5 Å². The van der Waals surface area contributed by atoms with Gasteiger partial charge in [0.15, 0.2) is 6.10 Å². The summed E-state index contributed by atoms with van der Waals surface area (Å²) in [5, 5.41) is 2.73. The molecule has 0 aliphatic carbocycles. The van der Waals surface area contributed by atoms with Crippen molar-refractivity contribution in [3.05, 3.63) is 29.8 Å². The van der Waals surface area contributed by atoms with Crippen LogP contribution < -0.4 is 15.8 Å². The number of para-hydroxylation sites is 1. The zero-order valence-electron chi connectivity index (χ0n) is 15.1. The van der Waals surface area contributed by atoms with E-state index in [0.717, 1.165) is 24.2 Å². The van der Waals surface area contributed by atoms with Gasteiger partial charge in [-0.2, -0.15) is 0 Å². The Hall–Kier alpha value is -2.77. The Labute approximate surface area is 157 Å². The van der Waals surface area contributed by atoms with Crippen molar-refractivity contribution in [1.29, 1.82) is 0 Å². The molecule has 1 aromatic carbocycles. The zero-order valence-corrected chi connectivity index (χ0v) is 15.1. The number of piperazine rings is 1. The molecule has 1 spiro atoms. The molecule has 2 saturated heterocycles. The third kappa shape index (κ3) is 3.20. The van der Waals surface area contributed by atoms with Crippen LogP contribution in [-0.2, 0) is 15.0 Å². The lowest BCUT2D eigenvalue weighted by atomic mass is 9.67. The number of hydrogen-bond acceptors (Lipinski definition) is 4. The maximum atomic E-state index is 13.0. The lowest BCUT2D eigenvalue weighted by Crippen LogP contribution is -2.56. The molecule has 1 atom stereocenters. The Kier molecular flexibility index (Phi) is 4.41. The molecule has 3 aliphatic rings. The summed E-state index contributed by atoms with van der Waals surface area (Å²) in [6.07, 6.45) is 1.40. The normalized spacial score (nSPS) is 24.0. The minimum Gasteiger partial charge on any atom is -0.480 e. The highest BCUT2D eigenvalue weighted by Crippen LogP contribution is 2.47. The summed E-state index contributed by atoms with van der Waals surface area (Å²) < 4.78 is 6.06. The molecule has 3 aliphatic heterocycles. The summed E-state index contributed by atoms with van der Waals surface area (Å²) in [6.45, 7) is 2.16. The van der Waals surface area contributed by atoms with Gasteiger partial charge in [-0.1, -0.05) is 18.2 Å². The van der Waals surface area contributed by atoms with Crippen LogP contribution in [-0.4, -0.2) is 66.5 Å². The quantitative estimate of drug-likeness (QED) is 0.735. The standard InChI is InChI=1S/C19H24N4O4/c20-18(26)22-8-5-19(6-9-22)11-15(27-14-4-2-1-3-13(14)19)17(25)23-10-7-21-16(24)12-23/h1-4,15H,5-12H2,(H2,20,26)(H,21,24). The maximum absolute atomic E-state index is 13.0. The van der Waals surface area contributed by atoms with Gasteiger partial charge in [-0.3, -0.25) is 9.59 Å². The number of nitrogens with two attached hydrogens (primary N) is 1. The Bertz CT molecular complexity index is 773. The van der Waals surface area contributed by atoms with E-state index in [9.17, 15) is 14.4 Å². The first kappa shape index (κ1) is 17.6. The Morgan fingerprint density at radius 2 is 1.89 bits per heavy atom. The summed E-state index contributed by atoms with van der Waals surface area (Å²) in [5.74, 6) is 0.433. The number of carbonyl (C=O) groups excluding carboxylic acids is 3. The number of carbonyl (C=O) groups is 3. The molecule has 0 bridgehead atoms. The molecule has 144 valence electrons. The molecule has 0 radical (unpaired) electrons. The topological polar surface area (TPSA) is 105 Å². The molecule has 4 rings (SSSR count). The number of rotatable bonds is 1. The second-order valence-corrected chi connectivity index (χ2v) is 7.52. The van der Waals surface area contributed by atoms with Gasteiger partial charge in [0.05, 0.1) is 6.54 Å². The molecular formula is C19H24N4O4. The SMILES string of the molecule is NC(=O)N1CCC2(CC1)CC(C(=O)N1CCNC(=O)C1)Oc1ccccc12. The van der Waals surface area contributed by atoms with Gasteiger partial charge in [0, 0.05) is 43.6 Å². The van der Waals surface area contributed by atoms with Crippen LogP contribution in [0.1, 0.15) is 24.8 Å². The summed E-state index contributed by atoms with van der Waals surface area (Å²) >= 11 is 0. The number of amides is 4. The number of nitrogens with one attached hydrogen (secondary N) is 1. The van der Waals surface area contributed by atoms with Gasteiger partial charge in [0.2, 0.25) is 5.91 Å². The number of piperidine rings is 1. The average molecular weight is 372 g/mol. The summed E-state index contributed by atoms with van der Waals surface area (Å²) in [5.41, 5.74) is 6.30. The molecule has 0 saturated carbocycles. The monoisotopic (exact) mass is 372 g/mol. The van der Waals surface area contributed by atoms with Crippen LogP contribution in [0.4, 0.5) is 4.79 Å². The summed E-state index contributed by atoms with van der Waals surface area (Å²) in [6, 6.07) is 7.40. The first-order valence-corrected chi connectivity index (χ1v) is 9.35. The molecule has 8 heteroatoms. The van der Waals surface area contributed by atoms with Crippen molar-refractivity contribution < 1.29 is 19.1 Å². The van der Waals surface area contributed by atoms with Crippen LogP contribution >= 0.6 is 0 Å².